The summed E-state index contributed by atoms with van der Waals surface area (Å²) >= 11 is 1.83. The van der Waals surface area contributed by atoms with Crippen LogP contribution >= 0.6 is 35.3 Å². The molecular weight excluding hydrogens is 499 g/mol. The number of esters is 1. The monoisotopic (exact) mass is 536 g/mol. The van der Waals surface area contributed by atoms with Gasteiger partial charge < -0.3 is 15.4 Å². The van der Waals surface area contributed by atoms with Crippen LogP contribution in [0.1, 0.15) is 62.8 Å². The number of unbranched alkanes of at least 4 members (excludes halogenated alkanes) is 3. The predicted molar refractivity (Wildman–Crippen MR) is 132 cm³/mol. The first-order chi connectivity index (χ1) is 13.7. The van der Waals surface area contributed by atoms with Crippen LogP contribution in [0.4, 0.5) is 0 Å². The lowest BCUT2D eigenvalue weighted by atomic mass is 10.1. The Labute approximate surface area is 196 Å². The Bertz CT molecular complexity index is 577. The molecule has 8 heteroatoms. The molecule has 0 spiro atoms. The van der Waals surface area contributed by atoms with E-state index >= 15 is 0 Å². The van der Waals surface area contributed by atoms with Crippen LogP contribution in [0, 0.1) is 0 Å². The van der Waals surface area contributed by atoms with Gasteiger partial charge in [0.2, 0.25) is 0 Å². The van der Waals surface area contributed by atoms with Crippen LogP contribution in [0.15, 0.2) is 22.5 Å². The highest BCUT2D eigenvalue weighted by molar-refractivity contribution is 14.0. The third-order valence-corrected chi connectivity index (χ3v) is 6.02. The van der Waals surface area contributed by atoms with Gasteiger partial charge in [0, 0.05) is 24.4 Å². The van der Waals surface area contributed by atoms with Crippen LogP contribution in [-0.2, 0) is 9.53 Å². The number of likely N-dealkylation sites (tertiary alicyclic amines) is 1. The van der Waals surface area contributed by atoms with Crippen LogP contribution in [0.3, 0.4) is 0 Å². The van der Waals surface area contributed by atoms with Gasteiger partial charge in [0.25, 0.3) is 0 Å². The molecule has 1 aromatic rings. The number of guanidine groups is 1. The van der Waals surface area contributed by atoms with Crippen molar-refractivity contribution in [3.05, 3.63) is 22.4 Å². The Morgan fingerprint density at radius 1 is 1.24 bits per heavy atom. The minimum Gasteiger partial charge on any atom is -0.469 e. The minimum atomic E-state index is -0.113. The molecule has 0 amide bonds. The van der Waals surface area contributed by atoms with E-state index in [1.165, 1.54) is 37.9 Å². The molecule has 2 heterocycles. The molecule has 6 nitrogen and oxygen atoms in total. The lowest BCUT2D eigenvalue weighted by molar-refractivity contribution is -0.140. The van der Waals surface area contributed by atoms with Gasteiger partial charge in [-0.05, 0) is 57.1 Å². The van der Waals surface area contributed by atoms with Gasteiger partial charge in [-0.25, -0.2) is 0 Å². The van der Waals surface area contributed by atoms with Gasteiger partial charge in [-0.15, -0.1) is 35.3 Å². The van der Waals surface area contributed by atoms with E-state index < -0.39 is 0 Å². The average molecular weight is 537 g/mol. The Kier molecular flexibility index (Phi) is 14.3. The van der Waals surface area contributed by atoms with Crippen LogP contribution in [0.25, 0.3) is 0 Å². The number of rotatable bonds is 12. The van der Waals surface area contributed by atoms with E-state index in [-0.39, 0.29) is 29.9 Å². The van der Waals surface area contributed by atoms with Crippen molar-refractivity contribution in [2.75, 3.05) is 39.8 Å². The number of carbonyl (C=O) groups excluding carboxylic acids is 1. The molecule has 1 saturated heterocycles. The number of nitrogens with zero attached hydrogens (tertiary/aromatic N) is 2. The van der Waals surface area contributed by atoms with Gasteiger partial charge in [-0.2, -0.15) is 0 Å². The molecule has 1 atom stereocenters. The van der Waals surface area contributed by atoms with Gasteiger partial charge in [0.15, 0.2) is 5.96 Å². The number of hydrogen-bond donors (Lipinski definition) is 2. The number of aliphatic imine (C=N–C) groups is 1. The molecule has 1 aliphatic heterocycles. The summed E-state index contributed by atoms with van der Waals surface area (Å²) in [6.45, 7) is 6.99. The second kappa shape index (κ2) is 15.9. The predicted octanol–water partition coefficient (Wildman–Crippen LogP) is 4.18. The van der Waals surface area contributed by atoms with Crippen molar-refractivity contribution in [3.63, 3.8) is 0 Å². The maximum Gasteiger partial charge on any atom is 0.305 e. The normalized spacial score (nSPS) is 15.6. The van der Waals surface area contributed by atoms with E-state index in [9.17, 15) is 4.79 Å². The highest BCUT2D eigenvalue weighted by atomic mass is 127. The number of nitrogens with one attached hydrogen (secondary N) is 2. The summed E-state index contributed by atoms with van der Waals surface area (Å²) < 4.78 is 4.67. The van der Waals surface area contributed by atoms with Crippen LogP contribution < -0.4 is 10.6 Å². The first-order valence-corrected chi connectivity index (χ1v) is 11.5. The molecule has 2 N–H and O–H groups in total. The summed E-state index contributed by atoms with van der Waals surface area (Å²) in [7, 11) is 1.45. The Morgan fingerprint density at radius 2 is 2.00 bits per heavy atom. The first kappa shape index (κ1) is 26.2. The van der Waals surface area contributed by atoms with Crippen LogP contribution in [0.2, 0.25) is 0 Å². The maximum absolute atomic E-state index is 11.1. The van der Waals surface area contributed by atoms with Crippen LogP contribution in [0.5, 0.6) is 0 Å². The molecule has 0 saturated carbocycles. The van der Waals surface area contributed by atoms with Crippen molar-refractivity contribution in [3.8, 4) is 0 Å². The number of thiophene rings is 1. The third kappa shape index (κ3) is 10.1. The summed E-state index contributed by atoms with van der Waals surface area (Å²) in [6.07, 6.45) is 7.24. The average Bonchev–Trinajstić information content (AvgIpc) is 3.41. The first-order valence-electron chi connectivity index (χ1n) is 10.6. The fourth-order valence-corrected chi connectivity index (χ4v) is 4.35. The summed E-state index contributed by atoms with van der Waals surface area (Å²) in [5.74, 6) is 0.788. The van der Waals surface area contributed by atoms with Crippen LogP contribution in [-0.4, -0.2) is 56.7 Å². The smallest absolute Gasteiger partial charge is 0.305 e. The summed E-state index contributed by atoms with van der Waals surface area (Å²) in [5, 5.41) is 8.97. The molecule has 0 bridgehead atoms. The molecule has 0 radical (unpaired) electrons. The maximum atomic E-state index is 11.1. The standard InChI is InChI=1S/C21H36N4O2S.HI/c1-3-22-21(23-13-7-5-4-6-12-20(26)27-2)24-17-18(19-11-10-16-28-19)25-14-8-9-15-25;/h10-11,16,18H,3-9,12-15,17H2,1-2H3,(H2,22,23,24);1H. The van der Waals surface area contributed by atoms with E-state index in [0.717, 1.165) is 51.3 Å². The fraction of sp³-hybridized carbons (Fsp3) is 0.714. The minimum absolute atomic E-state index is 0. The van der Waals surface area contributed by atoms with E-state index in [4.69, 9.17) is 4.99 Å². The van der Waals surface area contributed by atoms with Gasteiger partial charge in [-0.3, -0.25) is 14.7 Å². The molecule has 1 aliphatic rings. The summed E-state index contributed by atoms with van der Waals surface area (Å²) in [6, 6.07) is 4.75. The lowest BCUT2D eigenvalue weighted by Gasteiger charge is -2.25. The second-order valence-corrected chi connectivity index (χ2v) is 8.14. The zero-order valence-corrected chi connectivity index (χ0v) is 21.0. The number of ether oxygens (including phenoxy) is 1. The van der Waals surface area contributed by atoms with Crippen molar-refractivity contribution < 1.29 is 9.53 Å². The van der Waals surface area contributed by atoms with E-state index in [0.29, 0.717) is 12.5 Å². The Hall–Kier alpha value is -0.870. The number of methoxy groups -OCH3 is 1. The molecule has 0 aromatic carbocycles. The molecule has 1 unspecified atom stereocenters. The molecule has 29 heavy (non-hydrogen) atoms. The van der Waals surface area contributed by atoms with E-state index in [1.54, 1.807) is 0 Å². The van der Waals surface area contributed by atoms with Gasteiger partial charge >= 0.3 is 5.97 Å². The van der Waals surface area contributed by atoms with Gasteiger partial charge in [0.05, 0.1) is 19.7 Å². The van der Waals surface area contributed by atoms with Gasteiger partial charge in [-0.1, -0.05) is 18.9 Å². The number of carbonyl (C=O) groups is 1. The molecule has 166 valence electrons. The highest BCUT2D eigenvalue weighted by Crippen LogP contribution is 2.28. The van der Waals surface area contributed by atoms with Gasteiger partial charge in [0.1, 0.15) is 0 Å². The van der Waals surface area contributed by atoms with Crippen molar-refractivity contribution in [2.24, 2.45) is 4.99 Å². The molecule has 2 rings (SSSR count). The van der Waals surface area contributed by atoms with E-state index in [1.807, 2.05) is 11.3 Å². The molecule has 0 aliphatic carbocycles. The topological polar surface area (TPSA) is 66.0 Å². The molecule has 1 aromatic heterocycles. The number of halogens is 1. The quantitative estimate of drug-likeness (QED) is 0.138. The fourth-order valence-electron chi connectivity index (χ4n) is 3.50. The van der Waals surface area contributed by atoms with Crippen molar-refractivity contribution in [1.82, 2.24) is 15.5 Å². The third-order valence-electron chi connectivity index (χ3n) is 5.05. The largest absolute Gasteiger partial charge is 0.469 e. The van der Waals surface area contributed by atoms with Crippen molar-refractivity contribution in [1.29, 1.82) is 0 Å². The molecule has 1 fully saturated rings. The Balaban J connectivity index is 0.00000420. The van der Waals surface area contributed by atoms with Crippen molar-refractivity contribution >= 4 is 47.2 Å². The van der Waals surface area contributed by atoms with E-state index in [2.05, 4.69) is 44.7 Å². The number of hydrogen-bond acceptors (Lipinski definition) is 5. The zero-order chi connectivity index (χ0) is 20.0. The lowest BCUT2D eigenvalue weighted by Crippen LogP contribution is -2.38. The second-order valence-electron chi connectivity index (χ2n) is 7.16. The Morgan fingerprint density at radius 3 is 2.66 bits per heavy atom. The molecular formula is C21H37IN4O2S. The summed E-state index contributed by atoms with van der Waals surface area (Å²) in [5.41, 5.74) is 0. The summed E-state index contributed by atoms with van der Waals surface area (Å²) in [4.78, 5) is 20.0. The SMILES string of the molecule is CCNC(=NCC(c1cccs1)N1CCCC1)NCCCCCCC(=O)OC.I. The highest BCUT2D eigenvalue weighted by Gasteiger charge is 2.24. The van der Waals surface area contributed by atoms with Crippen molar-refractivity contribution in [2.45, 2.75) is 57.9 Å². The zero-order valence-electron chi connectivity index (χ0n) is 17.8.